The SMILES string of the molecule is CC(C)(C)OC(=O)c1cccc(C(F)(F)CN)c1. The molecule has 2 N–H and O–H groups in total. The summed E-state index contributed by atoms with van der Waals surface area (Å²) in [5.74, 6) is -3.77. The molecule has 0 spiro atoms. The highest BCUT2D eigenvalue weighted by molar-refractivity contribution is 5.89. The first-order valence-corrected chi connectivity index (χ1v) is 5.57. The molecule has 0 aliphatic heterocycles. The van der Waals surface area contributed by atoms with Crippen molar-refractivity contribution in [3.8, 4) is 0 Å². The third kappa shape index (κ3) is 3.77. The first-order valence-electron chi connectivity index (χ1n) is 5.57. The molecular weight excluding hydrogens is 240 g/mol. The smallest absolute Gasteiger partial charge is 0.338 e. The van der Waals surface area contributed by atoms with Crippen molar-refractivity contribution in [2.45, 2.75) is 32.3 Å². The van der Waals surface area contributed by atoms with Crippen LogP contribution in [0, 0.1) is 0 Å². The minimum absolute atomic E-state index is 0.0931. The number of hydrogen-bond acceptors (Lipinski definition) is 3. The third-order valence-electron chi connectivity index (χ3n) is 2.18. The van der Waals surface area contributed by atoms with Crippen LogP contribution in [0.15, 0.2) is 24.3 Å². The van der Waals surface area contributed by atoms with E-state index in [4.69, 9.17) is 10.5 Å². The minimum Gasteiger partial charge on any atom is -0.456 e. The van der Waals surface area contributed by atoms with Gasteiger partial charge in [-0.2, -0.15) is 8.78 Å². The van der Waals surface area contributed by atoms with Crippen LogP contribution >= 0.6 is 0 Å². The van der Waals surface area contributed by atoms with Gasteiger partial charge in [-0.25, -0.2) is 4.79 Å². The second kappa shape index (κ2) is 5.02. The second-order valence-corrected chi connectivity index (χ2v) is 4.99. The van der Waals surface area contributed by atoms with Crippen molar-refractivity contribution in [2.24, 2.45) is 5.73 Å². The Morgan fingerprint density at radius 2 is 1.94 bits per heavy atom. The summed E-state index contributed by atoms with van der Waals surface area (Å²) in [6, 6.07) is 5.17. The first-order chi connectivity index (χ1) is 8.15. The molecule has 1 aromatic carbocycles. The van der Waals surface area contributed by atoms with Gasteiger partial charge in [-0.3, -0.25) is 0 Å². The number of carbonyl (C=O) groups excluding carboxylic acids is 1. The Labute approximate surface area is 105 Å². The van der Waals surface area contributed by atoms with Crippen molar-refractivity contribution in [2.75, 3.05) is 6.54 Å². The van der Waals surface area contributed by atoms with Crippen molar-refractivity contribution in [3.63, 3.8) is 0 Å². The molecule has 0 amide bonds. The standard InChI is InChI=1S/C13H17F2NO2/c1-12(2,3)18-11(17)9-5-4-6-10(7-9)13(14,15)8-16/h4-7H,8,16H2,1-3H3. The van der Waals surface area contributed by atoms with Gasteiger partial charge in [-0.05, 0) is 32.9 Å². The van der Waals surface area contributed by atoms with Gasteiger partial charge in [-0.1, -0.05) is 12.1 Å². The summed E-state index contributed by atoms with van der Waals surface area (Å²) in [6.45, 7) is 4.33. The summed E-state index contributed by atoms with van der Waals surface area (Å²) in [4.78, 5) is 11.7. The molecule has 5 heteroatoms. The van der Waals surface area contributed by atoms with E-state index < -0.39 is 24.0 Å². The molecular formula is C13H17F2NO2. The number of hydrogen-bond donors (Lipinski definition) is 1. The maximum Gasteiger partial charge on any atom is 0.338 e. The number of benzene rings is 1. The monoisotopic (exact) mass is 257 g/mol. The number of carbonyl (C=O) groups is 1. The predicted molar refractivity (Wildman–Crippen MR) is 64.6 cm³/mol. The molecule has 1 aromatic rings. The normalized spacial score (nSPS) is 12.3. The van der Waals surface area contributed by atoms with E-state index in [-0.39, 0.29) is 11.1 Å². The Morgan fingerprint density at radius 3 is 2.44 bits per heavy atom. The molecule has 0 unspecified atom stereocenters. The van der Waals surface area contributed by atoms with Crippen molar-refractivity contribution in [1.29, 1.82) is 0 Å². The molecule has 0 bridgehead atoms. The lowest BCUT2D eigenvalue weighted by atomic mass is 10.1. The van der Waals surface area contributed by atoms with Crippen molar-refractivity contribution >= 4 is 5.97 Å². The highest BCUT2D eigenvalue weighted by Gasteiger charge is 2.30. The van der Waals surface area contributed by atoms with Crippen molar-refractivity contribution in [3.05, 3.63) is 35.4 Å². The molecule has 0 fully saturated rings. The van der Waals surface area contributed by atoms with Crippen molar-refractivity contribution in [1.82, 2.24) is 0 Å². The van der Waals surface area contributed by atoms with Gasteiger partial charge in [0.15, 0.2) is 0 Å². The maximum atomic E-state index is 13.4. The Morgan fingerprint density at radius 1 is 1.33 bits per heavy atom. The number of nitrogens with two attached hydrogens (primary N) is 1. The van der Waals surface area contributed by atoms with E-state index in [1.165, 1.54) is 18.2 Å². The molecule has 0 aliphatic carbocycles. The Bertz CT molecular complexity index is 439. The summed E-state index contributed by atoms with van der Waals surface area (Å²) in [7, 11) is 0. The lowest BCUT2D eigenvalue weighted by molar-refractivity contribution is 0.00438. The van der Waals surface area contributed by atoms with Crippen LogP contribution in [0.5, 0.6) is 0 Å². The van der Waals surface area contributed by atoms with Gasteiger partial charge in [0.2, 0.25) is 0 Å². The Balaban J connectivity index is 2.99. The highest BCUT2D eigenvalue weighted by Crippen LogP contribution is 2.27. The van der Waals surface area contributed by atoms with Crippen LogP contribution in [0.3, 0.4) is 0 Å². The number of rotatable bonds is 3. The third-order valence-corrected chi connectivity index (χ3v) is 2.18. The molecule has 0 radical (unpaired) electrons. The quantitative estimate of drug-likeness (QED) is 0.847. The van der Waals surface area contributed by atoms with Gasteiger partial charge in [-0.15, -0.1) is 0 Å². The molecule has 0 atom stereocenters. The van der Waals surface area contributed by atoms with E-state index in [1.54, 1.807) is 20.8 Å². The summed E-state index contributed by atoms with van der Waals surface area (Å²) in [5.41, 5.74) is 4.15. The van der Waals surface area contributed by atoms with Gasteiger partial charge in [0.25, 0.3) is 5.92 Å². The fourth-order valence-corrected chi connectivity index (χ4v) is 1.33. The van der Waals surface area contributed by atoms with E-state index in [2.05, 4.69) is 0 Å². The lowest BCUT2D eigenvalue weighted by Crippen LogP contribution is -2.26. The number of esters is 1. The zero-order chi connectivity index (χ0) is 14.0. The van der Waals surface area contributed by atoms with Crippen LogP contribution in [0.1, 0.15) is 36.7 Å². The maximum absolute atomic E-state index is 13.4. The van der Waals surface area contributed by atoms with E-state index in [1.807, 2.05) is 0 Å². The van der Waals surface area contributed by atoms with Crippen LogP contribution in [0.2, 0.25) is 0 Å². The molecule has 0 saturated heterocycles. The molecule has 3 nitrogen and oxygen atoms in total. The van der Waals surface area contributed by atoms with E-state index >= 15 is 0 Å². The second-order valence-electron chi connectivity index (χ2n) is 4.99. The van der Waals surface area contributed by atoms with Crippen molar-refractivity contribution < 1.29 is 18.3 Å². The van der Waals surface area contributed by atoms with Gasteiger partial charge >= 0.3 is 5.97 Å². The van der Waals surface area contributed by atoms with Crippen LogP contribution in [-0.4, -0.2) is 18.1 Å². The molecule has 100 valence electrons. The summed E-state index contributed by atoms with van der Waals surface area (Å²) >= 11 is 0. The molecule has 0 aliphatic rings. The fraction of sp³-hybridized carbons (Fsp3) is 0.462. The van der Waals surface area contributed by atoms with Gasteiger partial charge in [0.1, 0.15) is 5.60 Å². The predicted octanol–water partition coefficient (Wildman–Crippen LogP) is 2.69. The summed E-state index contributed by atoms with van der Waals surface area (Å²) in [5, 5.41) is 0. The number of alkyl halides is 2. The lowest BCUT2D eigenvalue weighted by Gasteiger charge is -2.20. The van der Waals surface area contributed by atoms with Crippen LogP contribution in [0.4, 0.5) is 8.78 Å². The summed E-state index contributed by atoms with van der Waals surface area (Å²) < 4.78 is 31.9. The zero-order valence-electron chi connectivity index (χ0n) is 10.7. The van der Waals surface area contributed by atoms with Crippen LogP contribution < -0.4 is 5.73 Å². The van der Waals surface area contributed by atoms with Gasteiger partial charge in [0, 0.05) is 5.56 Å². The first kappa shape index (κ1) is 14.6. The molecule has 0 saturated carbocycles. The van der Waals surface area contributed by atoms with E-state index in [0.717, 1.165) is 6.07 Å². The highest BCUT2D eigenvalue weighted by atomic mass is 19.3. The zero-order valence-corrected chi connectivity index (χ0v) is 10.7. The largest absolute Gasteiger partial charge is 0.456 e. The Kier molecular flexibility index (Phi) is 4.06. The summed E-state index contributed by atoms with van der Waals surface area (Å²) in [6.07, 6.45) is 0. The number of ether oxygens (including phenoxy) is 1. The molecule has 1 rings (SSSR count). The average Bonchev–Trinajstić information content (AvgIpc) is 2.27. The molecule has 0 heterocycles. The number of halogens is 2. The van der Waals surface area contributed by atoms with E-state index in [0.29, 0.717) is 0 Å². The minimum atomic E-state index is -3.14. The van der Waals surface area contributed by atoms with Gasteiger partial charge < -0.3 is 10.5 Å². The Hall–Kier alpha value is -1.49. The molecule has 18 heavy (non-hydrogen) atoms. The topological polar surface area (TPSA) is 52.3 Å². The van der Waals surface area contributed by atoms with Gasteiger partial charge in [0.05, 0.1) is 12.1 Å². The van der Waals surface area contributed by atoms with Crippen LogP contribution in [-0.2, 0) is 10.7 Å². The average molecular weight is 257 g/mol. The van der Waals surface area contributed by atoms with Crippen LogP contribution in [0.25, 0.3) is 0 Å². The molecule has 0 aromatic heterocycles. The fourth-order valence-electron chi connectivity index (χ4n) is 1.33. The van der Waals surface area contributed by atoms with E-state index in [9.17, 15) is 13.6 Å².